The van der Waals surface area contributed by atoms with Gasteiger partial charge in [0.05, 0.1) is 16.6 Å². The predicted octanol–water partition coefficient (Wildman–Crippen LogP) is 2.98. The molecule has 0 aliphatic carbocycles. The summed E-state index contributed by atoms with van der Waals surface area (Å²) in [5, 5.41) is 9.48. The van der Waals surface area contributed by atoms with E-state index in [0.29, 0.717) is 0 Å². The van der Waals surface area contributed by atoms with Gasteiger partial charge in [-0.2, -0.15) is 0 Å². The van der Waals surface area contributed by atoms with Gasteiger partial charge in [-0.25, -0.2) is 4.98 Å². The molecule has 2 N–H and O–H groups in total. The third kappa shape index (κ3) is 2.13. The number of nitrogens with one attached hydrogen (secondary N) is 1. The van der Waals surface area contributed by atoms with Crippen LogP contribution >= 0.6 is 0 Å². The number of aromatic nitrogens is 2. The first-order valence-corrected chi connectivity index (χ1v) is 7.21. The van der Waals surface area contributed by atoms with E-state index in [9.17, 15) is 5.11 Å². The quantitative estimate of drug-likeness (QED) is 0.885. The average molecular weight is 274 g/mol. The van der Waals surface area contributed by atoms with Crippen LogP contribution in [0, 0.1) is 5.92 Å². The van der Waals surface area contributed by atoms with Gasteiger partial charge < -0.3 is 14.8 Å². The Morgan fingerprint density at radius 1 is 1.35 bits per heavy atom. The minimum Gasteiger partial charge on any atom is -0.396 e. The zero-order valence-corrected chi connectivity index (χ0v) is 12.3. The molecule has 4 heteroatoms. The lowest BCUT2D eigenvalue weighted by Crippen LogP contribution is -2.49. The van der Waals surface area contributed by atoms with E-state index in [1.165, 1.54) is 0 Å². The van der Waals surface area contributed by atoms with Gasteiger partial charge in [-0.05, 0) is 45.7 Å². The van der Waals surface area contributed by atoms with Gasteiger partial charge in [0.15, 0.2) is 0 Å². The van der Waals surface area contributed by atoms with E-state index in [-0.39, 0.29) is 18.1 Å². The number of rotatable bonds is 2. The highest BCUT2D eigenvalue weighted by molar-refractivity contribution is 5.74. The van der Waals surface area contributed by atoms with Crippen molar-refractivity contribution in [1.29, 1.82) is 0 Å². The lowest BCUT2D eigenvalue weighted by atomic mass is 9.79. The third-order valence-electron chi connectivity index (χ3n) is 4.55. The van der Waals surface area contributed by atoms with Gasteiger partial charge in [-0.15, -0.1) is 0 Å². The van der Waals surface area contributed by atoms with Gasteiger partial charge in [-0.1, -0.05) is 12.1 Å². The lowest BCUT2D eigenvalue weighted by molar-refractivity contribution is -0.207. The molecule has 2 heterocycles. The topological polar surface area (TPSA) is 58.1 Å². The van der Waals surface area contributed by atoms with Crippen LogP contribution in [0.15, 0.2) is 24.3 Å². The molecule has 1 fully saturated rings. The maximum atomic E-state index is 9.48. The number of ether oxygens (including phenoxy) is 1. The van der Waals surface area contributed by atoms with Gasteiger partial charge in [0.2, 0.25) is 0 Å². The number of benzene rings is 1. The summed E-state index contributed by atoms with van der Waals surface area (Å²) in [5.74, 6) is 1.06. The van der Waals surface area contributed by atoms with E-state index >= 15 is 0 Å². The number of fused-ring (bicyclic) bond motifs is 1. The molecule has 3 rings (SSSR count). The number of hydrogen-bond acceptors (Lipinski definition) is 3. The maximum Gasteiger partial charge on any atom is 0.139 e. The number of aliphatic hydroxyl groups is 1. The molecule has 20 heavy (non-hydrogen) atoms. The summed E-state index contributed by atoms with van der Waals surface area (Å²) >= 11 is 0. The van der Waals surface area contributed by atoms with Crippen LogP contribution in [0.4, 0.5) is 0 Å². The largest absolute Gasteiger partial charge is 0.396 e. The van der Waals surface area contributed by atoms with E-state index in [1.54, 1.807) is 0 Å². The standard InChI is InChI=1S/C16H22N2O2/c1-15(2)11(10-19)8-9-16(3,20-15)14-17-12-6-4-5-7-13(12)18-14/h4-7,11,19H,8-10H2,1-3H3,(H,17,18). The van der Waals surface area contributed by atoms with Crippen LogP contribution in [0.25, 0.3) is 11.0 Å². The second-order valence-corrected chi connectivity index (χ2v) is 6.46. The molecule has 0 bridgehead atoms. The van der Waals surface area contributed by atoms with Crippen molar-refractivity contribution in [2.45, 2.75) is 44.8 Å². The van der Waals surface area contributed by atoms with Crippen molar-refractivity contribution in [2.24, 2.45) is 5.92 Å². The number of imidazole rings is 1. The monoisotopic (exact) mass is 274 g/mol. The third-order valence-corrected chi connectivity index (χ3v) is 4.55. The van der Waals surface area contributed by atoms with Gasteiger partial charge >= 0.3 is 0 Å². The summed E-state index contributed by atoms with van der Waals surface area (Å²) in [7, 11) is 0. The Labute approximate surface area is 119 Å². The van der Waals surface area contributed by atoms with Crippen molar-refractivity contribution in [3.8, 4) is 0 Å². The summed E-state index contributed by atoms with van der Waals surface area (Å²) in [6, 6.07) is 8.02. The van der Waals surface area contributed by atoms with Gasteiger partial charge in [-0.3, -0.25) is 0 Å². The Morgan fingerprint density at radius 3 is 2.75 bits per heavy atom. The number of H-pyrrole nitrogens is 1. The van der Waals surface area contributed by atoms with Crippen molar-refractivity contribution >= 4 is 11.0 Å². The molecule has 0 saturated carbocycles. The Hall–Kier alpha value is -1.39. The molecule has 1 aliphatic rings. The highest BCUT2D eigenvalue weighted by Crippen LogP contribution is 2.43. The van der Waals surface area contributed by atoms with E-state index < -0.39 is 5.60 Å². The molecule has 0 amide bonds. The van der Waals surface area contributed by atoms with Crippen LogP contribution in [-0.4, -0.2) is 27.3 Å². The van der Waals surface area contributed by atoms with Gasteiger partial charge in [0.25, 0.3) is 0 Å². The second-order valence-electron chi connectivity index (χ2n) is 6.46. The predicted molar refractivity (Wildman–Crippen MR) is 78.4 cm³/mol. The van der Waals surface area contributed by atoms with Crippen LogP contribution in [0.1, 0.15) is 39.4 Å². The summed E-state index contributed by atoms with van der Waals surface area (Å²) in [4.78, 5) is 8.06. The van der Waals surface area contributed by atoms with Crippen molar-refractivity contribution in [2.75, 3.05) is 6.61 Å². The highest BCUT2D eigenvalue weighted by atomic mass is 16.5. The van der Waals surface area contributed by atoms with Crippen molar-refractivity contribution in [3.63, 3.8) is 0 Å². The molecule has 2 unspecified atom stereocenters. The fourth-order valence-electron chi connectivity index (χ4n) is 3.19. The second kappa shape index (κ2) is 4.57. The van der Waals surface area contributed by atoms with E-state index in [1.807, 2.05) is 38.1 Å². The van der Waals surface area contributed by atoms with E-state index in [2.05, 4.69) is 16.9 Å². The Bertz CT molecular complexity index is 587. The molecule has 0 spiro atoms. The summed E-state index contributed by atoms with van der Waals surface area (Å²) in [6.45, 7) is 6.35. The molecule has 1 aromatic carbocycles. The molecule has 1 aliphatic heterocycles. The minimum absolute atomic E-state index is 0.170. The first-order valence-electron chi connectivity index (χ1n) is 7.21. The molecular weight excluding hydrogens is 252 g/mol. The number of hydrogen-bond donors (Lipinski definition) is 2. The lowest BCUT2D eigenvalue weighted by Gasteiger charge is -2.46. The van der Waals surface area contributed by atoms with Crippen LogP contribution < -0.4 is 0 Å². The SMILES string of the molecule is CC1(c2nc3ccccc3[nH]2)CCC(CO)C(C)(C)O1. The highest BCUT2D eigenvalue weighted by Gasteiger charge is 2.45. The van der Waals surface area contributed by atoms with Crippen LogP contribution in [-0.2, 0) is 10.3 Å². The van der Waals surface area contributed by atoms with E-state index in [4.69, 9.17) is 4.74 Å². The zero-order chi connectivity index (χ0) is 14.4. The zero-order valence-electron chi connectivity index (χ0n) is 12.3. The van der Waals surface area contributed by atoms with Gasteiger partial charge in [0, 0.05) is 12.5 Å². The normalized spacial score (nSPS) is 29.7. The summed E-state index contributed by atoms with van der Waals surface area (Å²) in [5.41, 5.74) is 1.23. The molecule has 1 saturated heterocycles. The molecule has 1 aromatic heterocycles. The molecule has 108 valence electrons. The first-order chi connectivity index (χ1) is 9.44. The number of aromatic amines is 1. The molecule has 2 aromatic rings. The molecule has 4 nitrogen and oxygen atoms in total. The van der Waals surface area contributed by atoms with Crippen LogP contribution in [0.3, 0.4) is 0 Å². The first kappa shape index (κ1) is 13.6. The fourth-order valence-corrected chi connectivity index (χ4v) is 3.19. The molecule has 2 atom stereocenters. The van der Waals surface area contributed by atoms with Crippen molar-refractivity contribution < 1.29 is 9.84 Å². The van der Waals surface area contributed by atoms with Crippen molar-refractivity contribution in [1.82, 2.24) is 9.97 Å². The number of aliphatic hydroxyl groups excluding tert-OH is 1. The fraction of sp³-hybridized carbons (Fsp3) is 0.562. The van der Waals surface area contributed by atoms with Crippen molar-refractivity contribution in [3.05, 3.63) is 30.1 Å². The minimum atomic E-state index is -0.422. The molecular formula is C16H22N2O2. The summed E-state index contributed by atoms with van der Waals surface area (Å²) < 4.78 is 6.33. The number of nitrogens with zero attached hydrogens (tertiary/aromatic N) is 1. The number of para-hydroxylation sites is 2. The maximum absolute atomic E-state index is 9.48. The average Bonchev–Trinajstić information content (AvgIpc) is 2.82. The van der Waals surface area contributed by atoms with Crippen LogP contribution in [0.2, 0.25) is 0 Å². The Balaban J connectivity index is 1.96. The van der Waals surface area contributed by atoms with E-state index in [0.717, 1.165) is 29.7 Å². The smallest absolute Gasteiger partial charge is 0.139 e. The Kier molecular flexibility index (Phi) is 3.10. The van der Waals surface area contributed by atoms with Gasteiger partial charge in [0.1, 0.15) is 11.4 Å². The van der Waals surface area contributed by atoms with Crippen LogP contribution in [0.5, 0.6) is 0 Å². The summed E-state index contributed by atoms with van der Waals surface area (Å²) in [6.07, 6.45) is 1.80. The molecule has 0 radical (unpaired) electrons. The Morgan fingerprint density at radius 2 is 2.10 bits per heavy atom.